The Morgan fingerprint density at radius 3 is 2.73 bits per heavy atom. The summed E-state index contributed by atoms with van der Waals surface area (Å²) in [5.41, 5.74) is 1.85. The maximum Gasteiger partial charge on any atom is 0.314 e. The van der Waals surface area contributed by atoms with Crippen LogP contribution in [0.15, 0.2) is 54.7 Å². The normalized spacial score (nSPS) is 27.6. The molecule has 0 aliphatic carbocycles. The van der Waals surface area contributed by atoms with Gasteiger partial charge >= 0.3 is 5.97 Å². The first-order valence-corrected chi connectivity index (χ1v) is 9.60. The summed E-state index contributed by atoms with van der Waals surface area (Å²) in [4.78, 5) is 20.1. The number of carbonyl (C=O) groups excluding carboxylic acids is 1. The van der Waals surface area contributed by atoms with E-state index in [-0.39, 0.29) is 12.0 Å². The molecule has 4 nitrogen and oxygen atoms in total. The van der Waals surface area contributed by atoms with Crippen LogP contribution in [0.4, 0.5) is 0 Å². The van der Waals surface area contributed by atoms with E-state index in [1.165, 1.54) is 5.56 Å². The number of nitrogens with zero attached hydrogens (tertiary/aromatic N) is 2. The van der Waals surface area contributed by atoms with Crippen molar-refractivity contribution < 1.29 is 9.53 Å². The van der Waals surface area contributed by atoms with Crippen molar-refractivity contribution in [1.29, 1.82) is 0 Å². The summed E-state index contributed by atoms with van der Waals surface area (Å²) in [6.07, 6.45) is 5.71. The minimum Gasteiger partial charge on any atom is -0.466 e. The predicted molar refractivity (Wildman–Crippen MR) is 100 cm³/mol. The van der Waals surface area contributed by atoms with Crippen LogP contribution in [0.2, 0.25) is 0 Å². The molecular formula is C22H26N2O2. The molecule has 2 aliphatic rings. The predicted octanol–water partition coefficient (Wildman–Crippen LogP) is 3.61. The fourth-order valence-corrected chi connectivity index (χ4v) is 4.94. The molecule has 3 heterocycles. The van der Waals surface area contributed by atoms with Gasteiger partial charge in [0.2, 0.25) is 0 Å². The molecule has 2 saturated heterocycles. The molecule has 136 valence electrons. The van der Waals surface area contributed by atoms with Crippen molar-refractivity contribution in [2.75, 3.05) is 6.61 Å². The highest BCUT2D eigenvalue weighted by Crippen LogP contribution is 2.52. The van der Waals surface area contributed by atoms with Gasteiger partial charge in [0.1, 0.15) is 0 Å². The smallest absolute Gasteiger partial charge is 0.314 e. The number of benzene rings is 1. The zero-order valence-electron chi connectivity index (χ0n) is 15.3. The zero-order chi connectivity index (χ0) is 18.0. The van der Waals surface area contributed by atoms with Gasteiger partial charge in [-0.1, -0.05) is 36.4 Å². The molecule has 2 bridgehead atoms. The van der Waals surface area contributed by atoms with E-state index in [0.717, 1.165) is 37.9 Å². The van der Waals surface area contributed by atoms with Crippen molar-refractivity contribution >= 4 is 5.97 Å². The van der Waals surface area contributed by atoms with Crippen LogP contribution in [0.25, 0.3) is 0 Å². The van der Waals surface area contributed by atoms with E-state index < -0.39 is 5.41 Å². The lowest BCUT2D eigenvalue weighted by Crippen LogP contribution is -2.46. The van der Waals surface area contributed by atoms with Gasteiger partial charge in [-0.3, -0.25) is 14.7 Å². The molecule has 1 aromatic heterocycles. The molecule has 2 aromatic rings. The molecule has 0 radical (unpaired) electrons. The number of esters is 1. The highest BCUT2D eigenvalue weighted by atomic mass is 16.5. The van der Waals surface area contributed by atoms with Gasteiger partial charge in [0.05, 0.1) is 17.7 Å². The van der Waals surface area contributed by atoms with Gasteiger partial charge in [-0.05, 0) is 50.3 Å². The highest BCUT2D eigenvalue weighted by Gasteiger charge is 2.60. The molecule has 0 N–H and O–H groups in total. The molecule has 0 unspecified atom stereocenters. The Morgan fingerprint density at radius 2 is 2.00 bits per heavy atom. The zero-order valence-corrected chi connectivity index (χ0v) is 15.3. The van der Waals surface area contributed by atoms with Gasteiger partial charge in [0, 0.05) is 24.8 Å². The van der Waals surface area contributed by atoms with Crippen molar-refractivity contribution in [2.45, 2.75) is 51.2 Å². The third kappa shape index (κ3) is 3.03. The Hall–Kier alpha value is -2.20. The van der Waals surface area contributed by atoms with Crippen LogP contribution < -0.4 is 0 Å². The Bertz CT molecular complexity index is 749. The van der Waals surface area contributed by atoms with E-state index >= 15 is 0 Å². The quantitative estimate of drug-likeness (QED) is 0.747. The number of rotatable bonds is 6. The summed E-state index contributed by atoms with van der Waals surface area (Å²) >= 11 is 0. The summed E-state index contributed by atoms with van der Waals surface area (Å²) in [5.74, 6) is -0.0259. The van der Waals surface area contributed by atoms with Crippen molar-refractivity contribution in [3.63, 3.8) is 0 Å². The molecule has 4 heteroatoms. The SMILES string of the molecule is CCOC(=O)[C@]1(Cc2ccccc2)C[C@@H]2CC[C@H]1N2Cc1ccccn1. The van der Waals surface area contributed by atoms with Gasteiger partial charge in [0.15, 0.2) is 0 Å². The molecular weight excluding hydrogens is 324 g/mol. The Kier molecular flexibility index (Phi) is 4.77. The number of hydrogen-bond acceptors (Lipinski definition) is 4. The first kappa shape index (κ1) is 17.2. The first-order valence-electron chi connectivity index (χ1n) is 9.60. The van der Waals surface area contributed by atoms with E-state index in [9.17, 15) is 4.79 Å². The van der Waals surface area contributed by atoms with Crippen molar-refractivity contribution in [2.24, 2.45) is 5.41 Å². The number of pyridine rings is 1. The molecule has 2 fully saturated rings. The van der Waals surface area contributed by atoms with Crippen molar-refractivity contribution in [1.82, 2.24) is 9.88 Å². The monoisotopic (exact) mass is 350 g/mol. The molecule has 3 atom stereocenters. The molecule has 2 aliphatic heterocycles. The summed E-state index contributed by atoms with van der Waals surface area (Å²) in [5, 5.41) is 0. The minimum absolute atomic E-state index is 0.0259. The number of fused-ring (bicyclic) bond motifs is 2. The molecule has 0 spiro atoms. The van der Waals surface area contributed by atoms with Gasteiger partial charge in [-0.25, -0.2) is 0 Å². The Morgan fingerprint density at radius 1 is 1.19 bits per heavy atom. The van der Waals surface area contributed by atoms with Gasteiger partial charge < -0.3 is 4.74 Å². The lowest BCUT2D eigenvalue weighted by molar-refractivity contribution is -0.157. The topological polar surface area (TPSA) is 42.4 Å². The van der Waals surface area contributed by atoms with Crippen LogP contribution in [-0.4, -0.2) is 34.5 Å². The minimum atomic E-state index is -0.435. The second kappa shape index (κ2) is 7.20. The maximum atomic E-state index is 13.1. The number of aromatic nitrogens is 1. The third-order valence-electron chi connectivity index (χ3n) is 6.00. The van der Waals surface area contributed by atoms with Crippen LogP contribution in [0.1, 0.15) is 37.4 Å². The summed E-state index contributed by atoms with van der Waals surface area (Å²) in [6.45, 7) is 3.14. The van der Waals surface area contributed by atoms with E-state index in [1.807, 2.05) is 43.5 Å². The second-order valence-corrected chi connectivity index (χ2v) is 7.48. The van der Waals surface area contributed by atoms with Crippen LogP contribution in [0.3, 0.4) is 0 Å². The lowest BCUT2D eigenvalue weighted by atomic mass is 9.70. The van der Waals surface area contributed by atoms with Crippen LogP contribution in [0.5, 0.6) is 0 Å². The standard InChI is InChI=1S/C22H26N2O2/c1-2-26-21(25)22(14-17-8-4-3-5-9-17)15-19-11-12-20(22)24(19)16-18-10-6-7-13-23-18/h3-10,13,19-20H,2,11-12,14-16H2,1H3/t19-,20+,22+/m0/s1. The molecule has 1 aromatic carbocycles. The van der Waals surface area contributed by atoms with Crippen molar-refractivity contribution in [3.8, 4) is 0 Å². The highest BCUT2D eigenvalue weighted by molar-refractivity contribution is 5.79. The number of hydrogen-bond donors (Lipinski definition) is 0. The lowest BCUT2D eigenvalue weighted by Gasteiger charge is -2.35. The summed E-state index contributed by atoms with van der Waals surface area (Å²) < 4.78 is 5.57. The molecule has 0 saturated carbocycles. The molecule has 26 heavy (non-hydrogen) atoms. The van der Waals surface area contributed by atoms with Crippen LogP contribution in [0, 0.1) is 5.41 Å². The molecule has 4 rings (SSSR count). The average molecular weight is 350 g/mol. The Labute approximate surface area is 155 Å². The second-order valence-electron chi connectivity index (χ2n) is 7.48. The number of carbonyl (C=O) groups is 1. The van der Waals surface area contributed by atoms with Crippen LogP contribution >= 0.6 is 0 Å². The maximum absolute atomic E-state index is 13.1. The van der Waals surface area contributed by atoms with Crippen LogP contribution in [-0.2, 0) is 22.5 Å². The fraction of sp³-hybridized carbons (Fsp3) is 0.455. The molecule has 0 amide bonds. The van der Waals surface area contributed by atoms with Gasteiger partial charge in [-0.15, -0.1) is 0 Å². The van der Waals surface area contributed by atoms with E-state index in [0.29, 0.717) is 12.6 Å². The van der Waals surface area contributed by atoms with E-state index in [2.05, 4.69) is 28.1 Å². The Balaban J connectivity index is 1.63. The van der Waals surface area contributed by atoms with Gasteiger partial charge in [-0.2, -0.15) is 0 Å². The largest absolute Gasteiger partial charge is 0.466 e. The van der Waals surface area contributed by atoms with Crippen molar-refractivity contribution in [3.05, 3.63) is 66.0 Å². The van der Waals surface area contributed by atoms with Gasteiger partial charge in [0.25, 0.3) is 0 Å². The first-order chi connectivity index (χ1) is 12.7. The third-order valence-corrected chi connectivity index (χ3v) is 6.00. The fourth-order valence-electron chi connectivity index (χ4n) is 4.94. The average Bonchev–Trinajstić information content (AvgIpc) is 3.18. The van der Waals surface area contributed by atoms with E-state index in [1.54, 1.807) is 0 Å². The summed E-state index contributed by atoms with van der Waals surface area (Å²) in [6, 6.07) is 17.1. The summed E-state index contributed by atoms with van der Waals surface area (Å²) in [7, 11) is 0. The number of ether oxygens (including phenoxy) is 1. The van der Waals surface area contributed by atoms with E-state index in [4.69, 9.17) is 4.74 Å².